The van der Waals surface area contributed by atoms with Gasteiger partial charge in [-0.05, 0) is 73.4 Å². The van der Waals surface area contributed by atoms with Gasteiger partial charge in [-0.3, -0.25) is 0 Å². The van der Waals surface area contributed by atoms with Crippen molar-refractivity contribution in [2.75, 3.05) is 11.9 Å². The molecule has 0 saturated carbocycles. The Morgan fingerprint density at radius 2 is 1.85 bits per heavy atom. The molecule has 0 radical (unpaired) electrons. The third-order valence-corrected chi connectivity index (χ3v) is 5.84. The SMILES string of the molecule is CC(C)(C)Cc1ccc2c(c1)C(NC[C@@H](O)[C@@H](N)Cc1cccc(F)c1)CC(C)(C)N2.Cl.Cl. The molecule has 0 bridgehead atoms. The van der Waals surface area contributed by atoms with Crippen molar-refractivity contribution in [1.82, 2.24) is 5.32 Å². The molecule has 7 heteroatoms. The number of hydrogen-bond acceptors (Lipinski definition) is 4. The lowest BCUT2D eigenvalue weighted by Gasteiger charge is -2.40. The average Bonchev–Trinajstić information content (AvgIpc) is 2.64. The number of halogens is 3. The fourth-order valence-electron chi connectivity index (χ4n) is 4.44. The second-order valence-electron chi connectivity index (χ2n) is 10.9. The highest BCUT2D eigenvalue weighted by atomic mass is 35.5. The zero-order chi connectivity index (χ0) is 22.8. The summed E-state index contributed by atoms with van der Waals surface area (Å²) in [5.74, 6) is -0.281. The zero-order valence-electron chi connectivity index (χ0n) is 20.3. The summed E-state index contributed by atoms with van der Waals surface area (Å²) in [4.78, 5) is 0. The number of rotatable bonds is 7. The van der Waals surface area contributed by atoms with E-state index in [1.807, 2.05) is 6.07 Å². The van der Waals surface area contributed by atoms with Gasteiger partial charge in [0.1, 0.15) is 5.82 Å². The molecule has 1 aliphatic heterocycles. The van der Waals surface area contributed by atoms with Crippen molar-refractivity contribution in [2.45, 2.75) is 77.6 Å². The van der Waals surface area contributed by atoms with Crippen LogP contribution in [-0.4, -0.2) is 29.3 Å². The Labute approximate surface area is 210 Å². The topological polar surface area (TPSA) is 70.3 Å². The number of fused-ring (bicyclic) bond motifs is 1. The number of benzene rings is 2. The van der Waals surface area contributed by atoms with E-state index in [0.29, 0.717) is 13.0 Å². The van der Waals surface area contributed by atoms with Crippen LogP contribution in [0.25, 0.3) is 0 Å². The Kier molecular flexibility index (Phi) is 10.7. The first-order chi connectivity index (χ1) is 14.4. The third kappa shape index (κ3) is 8.73. The molecule has 3 rings (SSSR count). The minimum absolute atomic E-state index is 0. The molecule has 2 aromatic rings. The zero-order valence-corrected chi connectivity index (χ0v) is 22.0. The molecule has 1 unspecified atom stereocenters. The highest BCUT2D eigenvalue weighted by Crippen LogP contribution is 2.38. The van der Waals surface area contributed by atoms with E-state index in [4.69, 9.17) is 5.73 Å². The van der Waals surface area contributed by atoms with Crippen LogP contribution >= 0.6 is 24.8 Å². The number of aliphatic hydroxyl groups excluding tert-OH is 1. The minimum atomic E-state index is -0.720. The standard InChI is InChI=1S/C26H38FN3O.2ClH/c1-25(2,3)14-18-9-10-22-20(12-18)23(15-26(4,5)30-22)29-16-24(31)21(28)13-17-7-6-8-19(27)11-17;;/h6-12,21,23-24,29-31H,13-16,28H2,1-5H3;2*1H/t21-,23?,24+;;/m0../s1. The van der Waals surface area contributed by atoms with Gasteiger partial charge in [0.2, 0.25) is 0 Å². The molecule has 4 nitrogen and oxygen atoms in total. The average molecular weight is 501 g/mol. The fraction of sp³-hybridized carbons (Fsp3) is 0.538. The maximum absolute atomic E-state index is 13.4. The minimum Gasteiger partial charge on any atom is -0.390 e. The summed E-state index contributed by atoms with van der Waals surface area (Å²) >= 11 is 0. The van der Waals surface area contributed by atoms with E-state index in [0.717, 1.165) is 24.1 Å². The second-order valence-corrected chi connectivity index (χ2v) is 10.9. The molecule has 0 fully saturated rings. The Morgan fingerprint density at radius 3 is 2.48 bits per heavy atom. The van der Waals surface area contributed by atoms with Gasteiger partial charge in [-0.2, -0.15) is 0 Å². The highest BCUT2D eigenvalue weighted by Gasteiger charge is 2.32. The number of nitrogens with two attached hydrogens (primary N) is 1. The van der Waals surface area contributed by atoms with Crippen LogP contribution in [0.4, 0.5) is 10.1 Å². The monoisotopic (exact) mass is 499 g/mol. The number of anilines is 1. The molecule has 5 N–H and O–H groups in total. The van der Waals surface area contributed by atoms with Crippen molar-refractivity contribution < 1.29 is 9.50 Å². The van der Waals surface area contributed by atoms with Crippen LogP contribution in [0.15, 0.2) is 42.5 Å². The lowest BCUT2D eigenvalue weighted by Crippen LogP contribution is -2.47. The van der Waals surface area contributed by atoms with E-state index in [2.05, 4.69) is 63.5 Å². The summed E-state index contributed by atoms with van der Waals surface area (Å²) in [5, 5.41) is 17.9. The summed E-state index contributed by atoms with van der Waals surface area (Å²) < 4.78 is 13.4. The molecular weight excluding hydrogens is 460 g/mol. The van der Waals surface area contributed by atoms with Gasteiger partial charge in [-0.1, -0.05) is 45.0 Å². The number of aliphatic hydroxyl groups is 1. The van der Waals surface area contributed by atoms with Crippen molar-refractivity contribution in [1.29, 1.82) is 0 Å². The molecule has 1 aliphatic rings. The fourth-order valence-corrected chi connectivity index (χ4v) is 4.44. The van der Waals surface area contributed by atoms with E-state index in [1.54, 1.807) is 6.07 Å². The quantitative estimate of drug-likeness (QED) is 0.410. The lowest BCUT2D eigenvalue weighted by atomic mass is 9.82. The summed E-state index contributed by atoms with van der Waals surface area (Å²) in [5.41, 5.74) is 10.9. The molecule has 33 heavy (non-hydrogen) atoms. The largest absolute Gasteiger partial charge is 0.390 e. The predicted molar refractivity (Wildman–Crippen MR) is 141 cm³/mol. The van der Waals surface area contributed by atoms with Gasteiger partial charge in [0.15, 0.2) is 0 Å². The van der Waals surface area contributed by atoms with Gasteiger partial charge < -0.3 is 21.5 Å². The van der Waals surface area contributed by atoms with Gasteiger partial charge in [-0.25, -0.2) is 4.39 Å². The molecule has 186 valence electrons. The van der Waals surface area contributed by atoms with Crippen molar-refractivity contribution in [3.05, 3.63) is 65.0 Å². The molecule has 0 spiro atoms. The smallest absolute Gasteiger partial charge is 0.123 e. The van der Waals surface area contributed by atoms with Crippen molar-refractivity contribution in [3.63, 3.8) is 0 Å². The Hall–Kier alpha value is -1.37. The summed E-state index contributed by atoms with van der Waals surface area (Å²) in [6, 6.07) is 12.7. The molecule has 0 aromatic heterocycles. The van der Waals surface area contributed by atoms with E-state index in [1.165, 1.54) is 23.3 Å². The lowest BCUT2D eigenvalue weighted by molar-refractivity contribution is 0.135. The van der Waals surface area contributed by atoms with Crippen LogP contribution in [0.3, 0.4) is 0 Å². The van der Waals surface area contributed by atoms with Crippen molar-refractivity contribution in [2.24, 2.45) is 11.1 Å². The first kappa shape index (κ1) is 29.7. The Morgan fingerprint density at radius 1 is 1.15 bits per heavy atom. The normalized spacial score (nSPS) is 18.7. The predicted octanol–water partition coefficient (Wildman–Crippen LogP) is 5.41. The molecular formula is C26H40Cl2FN3O. The van der Waals surface area contributed by atoms with Gasteiger partial charge in [-0.15, -0.1) is 24.8 Å². The van der Waals surface area contributed by atoms with Gasteiger partial charge in [0.25, 0.3) is 0 Å². The Balaban J connectivity index is 0.00000272. The van der Waals surface area contributed by atoms with Gasteiger partial charge in [0.05, 0.1) is 6.10 Å². The van der Waals surface area contributed by atoms with E-state index in [-0.39, 0.29) is 47.6 Å². The first-order valence-electron chi connectivity index (χ1n) is 11.2. The molecule has 0 amide bonds. The molecule has 0 saturated heterocycles. The van der Waals surface area contributed by atoms with Crippen LogP contribution in [0.2, 0.25) is 0 Å². The molecule has 2 aromatic carbocycles. The summed E-state index contributed by atoms with van der Waals surface area (Å²) in [7, 11) is 0. The maximum atomic E-state index is 13.4. The van der Waals surface area contributed by atoms with Crippen molar-refractivity contribution in [3.8, 4) is 0 Å². The first-order valence-corrected chi connectivity index (χ1v) is 11.2. The maximum Gasteiger partial charge on any atom is 0.123 e. The molecule has 0 aliphatic carbocycles. The number of nitrogens with one attached hydrogen (secondary N) is 2. The summed E-state index contributed by atoms with van der Waals surface area (Å²) in [6.45, 7) is 11.5. The van der Waals surface area contributed by atoms with Crippen LogP contribution in [0.5, 0.6) is 0 Å². The van der Waals surface area contributed by atoms with Gasteiger partial charge in [0, 0.05) is 29.9 Å². The molecule has 3 atom stereocenters. The van der Waals surface area contributed by atoms with Crippen LogP contribution in [0, 0.1) is 11.2 Å². The second kappa shape index (κ2) is 11.9. The summed E-state index contributed by atoms with van der Waals surface area (Å²) in [6.07, 6.45) is 1.63. The highest BCUT2D eigenvalue weighted by molar-refractivity contribution is 5.85. The van der Waals surface area contributed by atoms with Crippen LogP contribution in [0.1, 0.15) is 63.8 Å². The van der Waals surface area contributed by atoms with Crippen LogP contribution in [-0.2, 0) is 12.8 Å². The molecule has 1 heterocycles. The number of hydrogen-bond donors (Lipinski definition) is 4. The van der Waals surface area contributed by atoms with Gasteiger partial charge >= 0.3 is 0 Å². The van der Waals surface area contributed by atoms with Crippen molar-refractivity contribution >= 4 is 30.5 Å². The van der Waals surface area contributed by atoms with E-state index < -0.39 is 12.1 Å². The van der Waals surface area contributed by atoms with E-state index in [9.17, 15) is 9.50 Å². The third-order valence-electron chi connectivity index (χ3n) is 5.84. The van der Waals surface area contributed by atoms with E-state index >= 15 is 0 Å². The Bertz CT molecular complexity index is 901. The van der Waals surface area contributed by atoms with Crippen LogP contribution < -0.4 is 16.4 Å².